The Labute approximate surface area is 119 Å². The van der Waals surface area contributed by atoms with Crippen molar-refractivity contribution in [3.63, 3.8) is 0 Å². The van der Waals surface area contributed by atoms with Gasteiger partial charge < -0.3 is 9.64 Å². The van der Waals surface area contributed by atoms with Crippen LogP contribution in [-0.4, -0.2) is 29.4 Å². The molecule has 1 unspecified atom stereocenters. The topological polar surface area (TPSA) is 65.4 Å². The van der Waals surface area contributed by atoms with Gasteiger partial charge >= 0.3 is 6.03 Å². The Morgan fingerprint density at radius 2 is 2.20 bits per heavy atom. The summed E-state index contributed by atoms with van der Waals surface area (Å²) in [5.41, 5.74) is 0.903. The lowest BCUT2D eigenvalue weighted by Gasteiger charge is -2.23. The number of ether oxygens (including phenoxy) is 1. The minimum atomic E-state index is -0.335. The average molecular weight is 275 g/mol. The van der Waals surface area contributed by atoms with Crippen LogP contribution < -0.4 is 10.1 Å². The van der Waals surface area contributed by atoms with Crippen LogP contribution in [0, 0.1) is 5.41 Å². The van der Waals surface area contributed by atoms with Gasteiger partial charge in [0.05, 0.1) is 6.10 Å². The summed E-state index contributed by atoms with van der Waals surface area (Å²) in [7, 11) is 0. The fraction of sp³-hybridized carbons (Fsp3) is 0.467. The number of nitrogens with one attached hydrogen (secondary N) is 2. The quantitative estimate of drug-likeness (QED) is 0.867. The monoisotopic (exact) mass is 275 g/mol. The van der Waals surface area contributed by atoms with Crippen LogP contribution in [0.4, 0.5) is 4.79 Å². The molecule has 1 saturated heterocycles. The lowest BCUT2D eigenvalue weighted by molar-refractivity contribution is 0.205. The van der Waals surface area contributed by atoms with E-state index in [1.807, 2.05) is 45.0 Å². The molecule has 0 spiro atoms. The highest BCUT2D eigenvalue weighted by Crippen LogP contribution is 2.28. The molecule has 2 N–H and O–H groups in total. The summed E-state index contributed by atoms with van der Waals surface area (Å²) in [6.45, 7) is 6.59. The second-order valence-corrected chi connectivity index (χ2v) is 5.18. The fourth-order valence-corrected chi connectivity index (χ4v) is 2.38. The molecule has 20 heavy (non-hydrogen) atoms. The third-order valence-electron chi connectivity index (χ3n) is 3.10. The van der Waals surface area contributed by atoms with Gasteiger partial charge in [0.2, 0.25) is 0 Å². The van der Waals surface area contributed by atoms with Gasteiger partial charge in [0.25, 0.3) is 0 Å². The van der Waals surface area contributed by atoms with Gasteiger partial charge in [-0.05, 0) is 38.0 Å². The van der Waals surface area contributed by atoms with Gasteiger partial charge in [-0.1, -0.05) is 19.1 Å². The predicted molar refractivity (Wildman–Crippen MR) is 78.2 cm³/mol. The maximum Gasteiger partial charge on any atom is 0.323 e. The molecule has 2 rings (SSSR count). The van der Waals surface area contributed by atoms with E-state index in [4.69, 9.17) is 10.1 Å². The second-order valence-electron chi connectivity index (χ2n) is 5.18. The molecule has 0 bridgehead atoms. The van der Waals surface area contributed by atoms with Crippen molar-refractivity contribution in [3.8, 4) is 5.75 Å². The van der Waals surface area contributed by atoms with Crippen LogP contribution in [0.1, 0.15) is 38.8 Å². The zero-order valence-corrected chi connectivity index (χ0v) is 12.1. The molecule has 0 saturated carbocycles. The number of hydrogen-bond donors (Lipinski definition) is 2. The molecule has 108 valence electrons. The predicted octanol–water partition coefficient (Wildman–Crippen LogP) is 2.93. The lowest BCUT2D eigenvalue weighted by Crippen LogP contribution is -2.30. The first kappa shape index (κ1) is 14.4. The lowest BCUT2D eigenvalue weighted by atomic mass is 10.1. The highest BCUT2D eigenvalue weighted by atomic mass is 16.5. The maximum absolute atomic E-state index is 11.9. The molecule has 1 aromatic rings. The molecule has 1 fully saturated rings. The van der Waals surface area contributed by atoms with E-state index in [0.29, 0.717) is 6.54 Å². The first-order valence-corrected chi connectivity index (χ1v) is 6.95. The largest absolute Gasteiger partial charge is 0.491 e. The number of urea groups is 1. The van der Waals surface area contributed by atoms with Crippen LogP contribution in [0.5, 0.6) is 5.75 Å². The summed E-state index contributed by atoms with van der Waals surface area (Å²) < 4.78 is 5.68. The van der Waals surface area contributed by atoms with Crippen LogP contribution in [0.3, 0.4) is 0 Å². The number of amidine groups is 1. The van der Waals surface area contributed by atoms with Crippen LogP contribution in [0.25, 0.3) is 0 Å². The zero-order valence-electron chi connectivity index (χ0n) is 12.1. The van der Waals surface area contributed by atoms with Crippen molar-refractivity contribution in [2.45, 2.75) is 39.3 Å². The Kier molecular flexibility index (Phi) is 4.27. The second kappa shape index (κ2) is 5.94. The van der Waals surface area contributed by atoms with E-state index in [9.17, 15) is 4.79 Å². The van der Waals surface area contributed by atoms with E-state index in [0.717, 1.165) is 17.7 Å². The van der Waals surface area contributed by atoms with Crippen LogP contribution in [0.2, 0.25) is 0 Å². The minimum absolute atomic E-state index is 0.0970. The normalized spacial score (nSPS) is 18.6. The van der Waals surface area contributed by atoms with E-state index in [2.05, 4.69) is 5.32 Å². The molecule has 5 heteroatoms. The highest BCUT2D eigenvalue weighted by Gasteiger charge is 2.36. The number of hydrogen-bond acceptors (Lipinski definition) is 3. The van der Waals surface area contributed by atoms with E-state index in [-0.39, 0.29) is 24.0 Å². The molecule has 5 nitrogen and oxygen atoms in total. The molecule has 0 radical (unpaired) electrons. The Balaban J connectivity index is 2.28. The number of nitrogens with zero attached hydrogens (tertiary/aromatic N) is 1. The first-order valence-electron chi connectivity index (χ1n) is 6.95. The Morgan fingerprint density at radius 1 is 1.45 bits per heavy atom. The van der Waals surface area contributed by atoms with Crippen molar-refractivity contribution < 1.29 is 9.53 Å². The van der Waals surface area contributed by atoms with Crippen LogP contribution in [0.15, 0.2) is 24.3 Å². The summed E-state index contributed by atoms with van der Waals surface area (Å²) in [5.74, 6) is 0.992. The molecule has 1 aliphatic rings. The molecule has 0 aliphatic carbocycles. The molecule has 1 atom stereocenters. The van der Waals surface area contributed by atoms with Crippen LogP contribution >= 0.6 is 0 Å². The Hall–Kier alpha value is -2.04. The summed E-state index contributed by atoms with van der Waals surface area (Å²) in [6, 6.07) is 7.09. The molecule has 0 aromatic heterocycles. The van der Waals surface area contributed by atoms with Gasteiger partial charge in [0, 0.05) is 6.54 Å². The van der Waals surface area contributed by atoms with Crippen molar-refractivity contribution in [2.75, 3.05) is 6.54 Å². The van der Waals surface area contributed by atoms with Crippen molar-refractivity contribution in [1.29, 1.82) is 5.41 Å². The van der Waals surface area contributed by atoms with Gasteiger partial charge in [-0.2, -0.15) is 0 Å². The van der Waals surface area contributed by atoms with Gasteiger partial charge in [0.15, 0.2) is 0 Å². The van der Waals surface area contributed by atoms with Gasteiger partial charge in [-0.25, -0.2) is 4.79 Å². The number of amides is 2. The Morgan fingerprint density at radius 3 is 2.85 bits per heavy atom. The van der Waals surface area contributed by atoms with Gasteiger partial charge in [-0.15, -0.1) is 0 Å². The van der Waals surface area contributed by atoms with Crippen molar-refractivity contribution in [2.24, 2.45) is 0 Å². The molecular weight excluding hydrogens is 254 g/mol. The first-order chi connectivity index (χ1) is 9.52. The fourth-order valence-electron chi connectivity index (χ4n) is 2.38. The summed E-state index contributed by atoms with van der Waals surface area (Å²) >= 11 is 0. The van der Waals surface area contributed by atoms with E-state index in [1.165, 1.54) is 0 Å². The average Bonchev–Trinajstić information content (AvgIpc) is 2.64. The van der Waals surface area contributed by atoms with Gasteiger partial charge in [-0.3, -0.25) is 10.7 Å². The van der Waals surface area contributed by atoms with Gasteiger partial charge in [0.1, 0.15) is 17.6 Å². The zero-order chi connectivity index (χ0) is 14.7. The maximum atomic E-state index is 11.9. The number of carbonyl (C=O) groups is 1. The van der Waals surface area contributed by atoms with Crippen molar-refractivity contribution >= 4 is 11.9 Å². The standard InChI is InChI=1S/C15H21N3O2/c1-4-8-18-13(14(16)17-15(18)19)11-6-5-7-12(9-11)20-10(2)3/h5-7,9-10,13H,4,8H2,1-3H3,(H2,16,17,19). The third kappa shape index (κ3) is 2.92. The van der Waals surface area contributed by atoms with E-state index in [1.54, 1.807) is 4.90 Å². The smallest absolute Gasteiger partial charge is 0.323 e. The van der Waals surface area contributed by atoms with Crippen molar-refractivity contribution in [3.05, 3.63) is 29.8 Å². The Bertz CT molecular complexity index is 514. The highest BCUT2D eigenvalue weighted by molar-refractivity contribution is 6.06. The van der Waals surface area contributed by atoms with Crippen LogP contribution in [-0.2, 0) is 0 Å². The molecule has 1 aliphatic heterocycles. The van der Waals surface area contributed by atoms with E-state index >= 15 is 0 Å². The molecule has 2 amide bonds. The third-order valence-corrected chi connectivity index (χ3v) is 3.10. The summed E-state index contributed by atoms with van der Waals surface area (Å²) in [5, 5.41) is 10.6. The SMILES string of the molecule is CCCN1C(=O)NC(=N)C1c1cccc(OC(C)C)c1. The summed E-state index contributed by atoms with van der Waals surface area (Å²) in [6.07, 6.45) is 0.958. The number of rotatable bonds is 5. The van der Waals surface area contributed by atoms with Crippen molar-refractivity contribution in [1.82, 2.24) is 10.2 Å². The molecular formula is C15H21N3O2. The number of carbonyl (C=O) groups excluding carboxylic acids is 1. The molecule has 1 heterocycles. The molecule has 1 aromatic carbocycles. The van der Waals surface area contributed by atoms with E-state index < -0.39 is 0 Å². The summed E-state index contributed by atoms with van der Waals surface area (Å²) in [4.78, 5) is 13.6. The number of benzene rings is 1. The minimum Gasteiger partial charge on any atom is -0.491 e.